The van der Waals surface area contributed by atoms with E-state index in [-0.39, 0.29) is 12.0 Å². The second-order valence-corrected chi connectivity index (χ2v) is 4.19. The molecule has 1 aromatic rings. The third-order valence-electron chi connectivity index (χ3n) is 2.33. The molecule has 0 aliphatic carbocycles. The Hall–Kier alpha value is -0.950. The number of rotatable bonds is 2. The highest BCUT2D eigenvalue weighted by Crippen LogP contribution is 2.31. The Morgan fingerprint density at radius 3 is 3.07 bits per heavy atom. The third-order valence-corrected chi connectivity index (χ3v) is 2.89. The molecule has 1 aliphatic heterocycles. The molecule has 0 N–H and O–H groups in total. The molecule has 0 aromatic carbocycles. The van der Waals surface area contributed by atoms with E-state index in [4.69, 9.17) is 4.74 Å². The number of hydrogen-bond acceptors (Lipinski definition) is 4. The SMILES string of the molecule is O=[N+]([O-])c1c(Br)cnn1C1CCCCO1. The summed E-state index contributed by atoms with van der Waals surface area (Å²) < 4.78 is 7.17. The van der Waals surface area contributed by atoms with Gasteiger partial charge in [-0.25, -0.2) is 0 Å². The number of nitro groups is 1. The maximum absolute atomic E-state index is 10.8. The van der Waals surface area contributed by atoms with Crippen LogP contribution in [0.15, 0.2) is 10.7 Å². The van der Waals surface area contributed by atoms with Crippen molar-refractivity contribution in [3.8, 4) is 0 Å². The first-order valence-corrected chi connectivity index (χ1v) is 5.48. The predicted octanol–water partition coefficient (Wildman–Crippen LogP) is 2.25. The Labute approximate surface area is 94.5 Å². The van der Waals surface area contributed by atoms with Gasteiger partial charge in [0.15, 0.2) is 0 Å². The molecule has 2 rings (SSSR count). The van der Waals surface area contributed by atoms with Crippen LogP contribution in [0.4, 0.5) is 5.82 Å². The lowest BCUT2D eigenvalue weighted by atomic mass is 10.2. The van der Waals surface area contributed by atoms with Crippen LogP contribution in [0.2, 0.25) is 0 Å². The second-order valence-electron chi connectivity index (χ2n) is 3.34. The van der Waals surface area contributed by atoms with Crippen LogP contribution in [0.1, 0.15) is 25.5 Å². The van der Waals surface area contributed by atoms with Gasteiger partial charge in [0, 0.05) is 6.42 Å². The maximum atomic E-state index is 10.8. The molecule has 1 saturated heterocycles. The van der Waals surface area contributed by atoms with Gasteiger partial charge in [-0.1, -0.05) is 5.10 Å². The van der Waals surface area contributed by atoms with Gasteiger partial charge in [-0.3, -0.25) is 0 Å². The summed E-state index contributed by atoms with van der Waals surface area (Å²) in [5.74, 6) is -0.0399. The number of halogens is 1. The smallest absolute Gasteiger partial charge is 0.358 e. The fraction of sp³-hybridized carbons (Fsp3) is 0.625. The Balaban J connectivity index is 2.30. The lowest BCUT2D eigenvalue weighted by Crippen LogP contribution is -2.20. The van der Waals surface area contributed by atoms with Crippen molar-refractivity contribution >= 4 is 21.7 Å². The zero-order chi connectivity index (χ0) is 10.8. The van der Waals surface area contributed by atoms with Crippen LogP contribution < -0.4 is 0 Å². The van der Waals surface area contributed by atoms with Gasteiger partial charge < -0.3 is 14.9 Å². The quantitative estimate of drug-likeness (QED) is 0.613. The normalized spacial score (nSPS) is 21.5. The minimum absolute atomic E-state index is 0.0399. The molecule has 0 bridgehead atoms. The zero-order valence-corrected chi connectivity index (χ0v) is 9.51. The summed E-state index contributed by atoms with van der Waals surface area (Å²) in [6.45, 7) is 0.638. The minimum Gasteiger partial charge on any atom is -0.358 e. The van der Waals surface area contributed by atoms with E-state index in [0.717, 1.165) is 19.3 Å². The van der Waals surface area contributed by atoms with Crippen molar-refractivity contribution in [1.29, 1.82) is 0 Å². The van der Waals surface area contributed by atoms with E-state index in [1.165, 1.54) is 10.9 Å². The Kier molecular flexibility index (Phi) is 3.01. The monoisotopic (exact) mass is 275 g/mol. The predicted molar refractivity (Wildman–Crippen MR) is 55.4 cm³/mol. The van der Waals surface area contributed by atoms with Crippen LogP contribution in [0, 0.1) is 10.1 Å². The molecule has 1 aliphatic rings. The zero-order valence-electron chi connectivity index (χ0n) is 7.93. The van der Waals surface area contributed by atoms with Crippen molar-refractivity contribution in [2.75, 3.05) is 6.61 Å². The summed E-state index contributed by atoms with van der Waals surface area (Å²) in [5, 5.41) is 14.8. The van der Waals surface area contributed by atoms with E-state index in [0.29, 0.717) is 11.1 Å². The minimum atomic E-state index is -0.449. The topological polar surface area (TPSA) is 70.2 Å². The van der Waals surface area contributed by atoms with Crippen LogP contribution in [0.25, 0.3) is 0 Å². The number of ether oxygens (including phenoxy) is 1. The van der Waals surface area contributed by atoms with E-state index < -0.39 is 4.92 Å². The van der Waals surface area contributed by atoms with E-state index in [9.17, 15) is 10.1 Å². The maximum Gasteiger partial charge on any atom is 0.361 e. The van der Waals surface area contributed by atoms with Crippen molar-refractivity contribution in [3.63, 3.8) is 0 Å². The van der Waals surface area contributed by atoms with Crippen molar-refractivity contribution in [2.24, 2.45) is 0 Å². The molecule has 0 amide bonds. The fourth-order valence-electron chi connectivity index (χ4n) is 1.63. The van der Waals surface area contributed by atoms with Crippen LogP contribution >= 0.6 is 15.9 Å². The number of aromatic nitrogens is 2. The lowest BCUT2D eigenvalue weighted by Gasteiger charge is -2.19. The molecule has 0 saturated carbocycles. The summed E-state index contributed by atoms with van der Waals surface area (Å²) in [7, 11) is 0. The van der Waals surface area contributed by atoms with Crippen LogP contribution in [0.5, 0.6) is 0 Å². The standard InChI is InChI=1S/C8H10BrN3O3/c9-6-5-10-11(8(6)12(13)14)7-3-1-2-4-15-7/h5,7H,1-4H2. The van der Waals surface area contributed by atoms with E-state index in [1.807, 2.05) is 0 Å². The molecule has 7 heteroatoms. The summed E-state index contributed by atoms with van der Waals surface area (Å²) in [6.07, 6.45) is 3.92. The highest BCUT2D eigenvalue weighted by atomic mass is 79.9. The van der Waals surface area contributed by atoms with Gasteiger partial charge in [0.05, 0.1) is 12.8 Å². The lowest BCUT2D eigenvalue weighted by molar-refractivity contribution is -0.395. The molecule has 0 radical (unpaired) electrons. The molecule has 15 heavy (non-hydrogen) atoms. The molecule has 82 valence electrons. The average Bonchev–Trinajstić information content (AvgIpc) is 2.61. The summed E-state index contributed by atoms with van der Waals surface area (Å²) in [5.41, 5.74) is 0. The van der Waals surface area contributed by atoms with Gasteiger partial charge >= 0.3 is 5.82 Å². The van der Waals surface area contributed by atoms with Crippen LogP contribution in [0.3, 0.4) is 0 Å². The second kappa shape index (κ2) is 4.28. The molecule has 1 atom stereocenters. The van der Waals surface area contributed by atoms with Gasteiger partial charge in [-0.05, 0) is 33.7 Å². The van der Waals surface area contributed by atoms with Crippen molar-refractivity contribution in [3.05, 3.63) is 20.8 Å². The molecular formula is C8H10BrN3O3. The third kappa shape index (κ3) is 2.03. The van der Waals surface area contributed by atoms with E-state index in [2.05, 4.69) is 21.0 Å². The summed E-state index contributed by atoms with van der Waals surface area (Å²) >= 11 is 3.10. The first-order chi connectivity index (χ1) is 7.20. The average molecular weight is 276 g/mol. The van der Waals surface area contributed by atoms with Gasteiger partial charge in [0.2, 0.25) is 6.23 Å². The molecule has 1 unspecified atom stereocenters. The number of hydrogen-bond donors (Lipinski definition) is 0. The van der Waals surface area contributed by atoms with Gasteiger partial charge in [0.1, 0.15) is 4.47 Å². The molecular weight excluding hydrogens is 266 g/mol. The first-order valence-electron chi connectivity index (χ1n) is 4.69. The van der Waals surface area contributed by atoms with Crippen molar-refractivity contribution in [1.82, 2.24) is 9.78 Å². The van der Waals surface area contributed by atoms with E-state index >= 15 is 0 Å². The number of nitrogens with zero attached hydrogens (tertiary/aromatic N) is 3. The molecule has 1 aromatic heterocycles. The Bertz CT molecular complexity index is 373. The Morgan fingerprint density at radius 1 is 1.67 bits per heavy atom. The summed E-state index contributed by atoms with van der Waals surface area (Å²) in [6, 6.07) is 0. The molecule has 6 nitrogen and oxygen atoms in total. The van der Waals surface area contributed by atoms with Gasteiger partial charge in [0.25, 0.3) is 0 Å². The molecule has 2 heterocycles. The molecule has 0 spiro atoms. The van der Waals surface area contributed by atoms with E-state index in [1.54, 1.807) is 0 Å². The largest absolute Gasteiger partial charge is 0.361 e. The van der Waals surface area contributed by atoms with Gasteiger partial charge in [-0.2, -0.15) is 0 Å². The highest BCUT2D eigenvalue weighted by Gasteiger charge is 2.29. The van der Waals surface area contributed by atoms with Crippen LogP contribution in [-0.2, 0) is 4.74 Å². The summed E-state index contributed by atoms with van der Waals surface area (Å²) in [4.78, 5) is 10.4. The first kappa shape index (κ1) is 10.6. The Morgan fingerprint density at radius 2 is 2.47 bits per heavy atom. The molecule has 1 fully saturated rings. The van der Waals surface area contributed by atoms with Crippen LogP contribution in [-0.4, -0.2) is 21.3 Å². The van der Waals surface area contributed by atoms with Crippen molar-refractivity contribution < 1.29 is 9.66 Å². The fourth-order valence-corrected chi connectivity index (χ4v) is 2.05. The van der Waals surface area contributed by atoms with Gasteiger partial charge in [-0.15, -0.1) is 4.68 Å². The van der Waals surface area contributed by atoms with Crippen molar-refractivity contribution in [2.45, 2.75) is 25.5 Å². The highest BCUT2D eigenvalue weighted by molar-refractivity contribution is 9.10.